The lowest BCUT2D eigenvalue weighted by Gasteiger charge is -2.19. The van der Waals surface area contributed by atoms with E-state index in [9.17, 15) is 4.39 Å². The highest BCUT2D eigenvalue weighted by Crippen LogP contribution is 2.17. The summed E-state index contributed by atoms with van der Waals surface area (Å²) in [5.74, 6) is 0.850. The Morgan fingerprint density at radius 3 is 2.48 bits per heavy atom. The SMILES string of the molecule is CC(C)CNCc1cc(F)cc(OCCOC(C)(C)C)c1. The van der Waals surface area contributed by atoms with Crippen molar-refractivity contribution in [3.63, 3.8) is 0 Å². The standard InChI is InChI=1S/C17H28FNO2/c1-13(2)11-19-12-14-8-15(18)10-16(9-14)20-6-7-21-17(3,4)5/h8-10,13,19H,6-7,11-12H2,1-5H3. The van der Waals surface area contributed by atoms with Gasteiger partial charge in [-0.05, 0) is 50.9 Å². The first kappa shape index (κ1) is 17.9. The molecule has 0 unspecified atom stereocenters. The Hall–Kier alpha value is -1.13. The summed E-state index contributed by atoms with van der Waals surface area (Å²) >= 11 is 0. The van der Waals surface area contributed by atoms with Crippen LogP contribution in [-0.4, -0.2) is 25.4 Å². The van der Waals surface area contributed by atoms with Gasteiger partial charge in [0, 0.05) is 12.6 Å². The molecule has 1 aromatic rings. The van der Waals surface area contributed by atoms with Gasteiger partial charge in [-0.1, -0.05) is 13.8 Å². The average molecular weight is 297 g/mol. The van der Waals surface area contributed by atoms with E-state index in [-0.39, 0.29) is 11.4 Å². The van der Waals surface area contributed by atoms with Crippen LogP contribution in [0.25, 0.3) is 0 Å². The van der Waals surface area contributed by atoms with Crippen molar-refractivity contribution in [2.75, 3.05) is 19.8 Å². The summed E-state index contributed by atoms with van der Waals surface area (Å²) in [6.45, 7) is 12.7. The second-order valence-corrected chi connectivity index (χ2v) is 6.63. The summed E-state index contributed by atoms with van der Waals surface area (Å²) in [5, 5.41) is 3.30. The number of benzene rings is 1. The average Bonchev–Trinajstić information content (AvgIpc) is 2.32. The van der Waals surface area contributed by atoms with Crippen LogP contribution in [0.15, 0.2) is 18.2 Å². The summed E-state index contributed by atoms with van der Waals surface area (Å²) in [6.07, 6.45) is 0. The lowest BCUT2D eigenvalue weighted by atomic mass is 10.2. The number of hydrogen-bond acceptors (Lipinski definition) is 3. The van der Waals surface area contributed by atoms with Gasteiger partial charge in [-0.15, -0.1) is 0 Å². The highest BCUT2D eigenvalue weighted by molar-refractivity contribution is 5.29. The van der Waals surface area contributed by atoms with Crippen LogP contribution in [0.4, 0.5) is 4.39 Å². The fraction of sp³-hybridized carbons (Fsp3) is 0.647. The van der Waals surface area contributed by atoms with Gasteiger partial charge in [0.2, 0.25) is 0 Å². The van der Waals surface area contributed by atoms with Crippen molar-refractivity contribution in [3.8, 4) is 5.75 Å². The molecule has 1 N–H and O–H groups in total. The Balaban J connectivity index is 2.45. The molecule has 0 fully saturated rings. The molecule has 21 heavy (non-hydrogen) atoms. The van der Waals surface area contributed by atoms with Gasteiger partial charge in [-0.2, -0.15) is 0 Å². The van der Waals surface area contributed by atoms with Crippen molar-refractivity contribution in [2.24, 2.45) is 5.92 Å². The Morgan fingerprint density at radius 2 is 1.86 bits per heavy atom. The lowest BCUT2D eigenvalue weighted by Crippen LogP contribution is -2.22. The topological polar surface area (TPSA) is 30.5 Å². The molecule has 3 nitrogen and oxygen atoms in total. The Bertz CT molecular complexity index is 427. The van der Waals surface area contributed by atoms with Crippen LogP contribution in [0.3, 0.4) is 0 Å². The van der Waals surface area contributed by atoms with Gasteiger partial charge in [-0.25, -0.2) is 4.39 Å². The van der Waals surface area contributed by atoms with Gasteiger partial charge in [0.25, 0.3) is 0 Å². The van der Waals surface area contributed by atoms with E-state index in [1.807, 2.05) is 26.8 Å². The molecular weight excluding hydrogens is 269 g/mol. The minimum absolute atomic E-state index is 0.183. The first-order valence-electron chi connectivity index (χ1n) is 7.53. The van der Waals surface area contributed by atoms with Crippen molar-refractivity contribution in [1.29, 1.82) is 0 Å². The van der Waals surface area contributed by atoms with Crippen LogP contribution in [0, 0.1) is 11.7 Å². The Morgan fingerprint density at radius 1 is 1.14 bits per heavy atom. The number of halogens is 1. The van der Waals surface area contributed by atoms with Crippen LogP contribution in [-0.2, 0) is 11.3 Å². The molecule has 0 aliphatic rings. The zero-order valence-electron chi connectivity index (χ0n) is 13.8. The van der Waals surface area contributed by atoms with Gasteiger partial charge in [0.1, 0.15) is 18.2 Å². The molecule has 0 aliphatic heterocycles. The molecule has 0 saturated carbocycles. The molecule has 0 aliphatic carbocycles. The van der Waals surface area contributed by atoms with Crippen molar-refractivity contribution < 1.29 is 13.9 Å². The maximum atomic E-state index is 13.6. The van der Waals surface area contributed by atoms with E-state index in [0.29, 0.717) is 31.4 Å². The monoisotopic (exact) mass is 297 g/mol. The fourth-order valence-corrected chi connectivity index (χ4v) is 1.82. The first-order chi connectivity index (χ1) is 9.76. The second-order valence-electron chi connectivity index (χ2n) is 6.63. The highest BCUT2D eigenvalue weighted by Gasteiger charge is 2.09. The quantitative estimate of drug-likeness (QED) is 0.741. The summed E-state index contributed by atoms with van der Waals surface area (Å²) in [5.41, 5.74) is 0.708. The third kappa shape index (κ3) is 8.68. The molecule has 0 bridgehead atoms. The van der Waals surface area contributed by atoms with Gasteiger partial charge in [0.05, 0.1) is 12.2 Å². The normalized spacial score (nSPS) is 12.0. The zero-order valence-corrected chi connectivity index (χ0v) is 13.8. The fourth-order valence-electron chi connectivity index (χ4n) is 1.82. The molecular formula is C17H28FNO2. The van der Waals surface area contributed by atoms with Gasteiger partial charge in [-0.3, -0.25) is 0 Å². The van der Waals surface area contributed by atoms with E-state index in [1.54, 1.807) is 0 Å². The van der Waals surface area contributed by atoms with Crippen molar-refractivity contribution in [3.05, 3.63) is 29.6 Å². The van der Waals surface area contributed by atoms with Gasteiger partial charge in [0.15, 0.2) is 0 Å². The van der Waals surface area contributed by atoms with Crippen molar-refractivity contribution >= 4 is 0 Å². The number of nitrogens with one attached hydrogen (secondary N) is 1. The zero-order chi connectivity index (χ0) is 15.9. The van der Waals surface area contributed by atoms with E-state index in [2.05, 4.69) is 19.2 Å². The van der Waals surface area contributed by atoms with Crippen molar-refractivity contribution in [2.45, 2.75) is 46.8 Å². The van der Waals surface area contributed by atoms with E-state index < -0.39 is 0 Å². The molecule has 4 heteroatoms. The van der Waals surface area contributed by atoms with Gasteiger partial charge >= 0.3 is 0 Å². The molecule has 0 amide bonds. The number of rotatable bonds is 8. The third-order valence-electron chi connectivity index (χ3n) is 2.70. The predicted molar refractivity (Wildman–Crippen MR) is 84.1 cm³/mol. The largest absolute Gasteiger partial charge is 0.491 e. The number of hydrogen-bond donors (Lipinski definition) is 1. The predicted octanol–water partition coefficient (Wildman–Crippen LogP) is 3.77. The van der Waals surface area contributed by atoms with Crippen LogP contribution in [0.2, 0.25) is 0 Å². The third-order valence-corrected chi connectivity index (χ3v) is 2.70. The summed E-state index contributed by atoms with van der Waals surface area (Å²) < 4.78 is 24.7. The maximum Gasteiger partial charge on any atom is 0.127 e. The Labute approximate surface area is 127 Å². The Kier molecular flexibility index (Phi) is 7.12. The van der Waals surface area contributed by atoms with E-state index in [0.717, 1.165) is 12.1 Å². The smallest absolute Gasteiger partial charge is 0.127 e. The number of ether oxygens (including phenoxy) is 2. The molecule has 0 radical (unpaired) electrons. The second kappa shape index (κ2) is 8.35. The molecule has 0 saturated heterocycles. The molecule has 1 rings (SSSR count). The van der Waals surface area contributed by atoms with Gasteiger partial charge < -0.3 is 14.8 Å². The summed E-state index contributed by atoms with van der Waals surface area (Å²) in [4.78, 5) is 0. The minimum atomic E-state index is -0.273. The molecule has 0 heterocycles. The van der Waals surface area contributed by atoms with Crippen LogP contribution >= 0.6 is 0 Å². The van der Waals surface area contributed by atoms with E-state index in [4.69, 9.17) is 9.47 Å². The maximum absolute atomic E-state index is 13.6. The minimum Gasteiger partial charge on any atom is -0.491 e. The highest BCUT2D eigenvalue weighted by atomic mass is 19.1. The van der Waals surface area contributed by atoms with Crippen LogP contribution in [0.5, 0.6) is 5.75 Å². The first-order valence-corrected chi connectivity index (χ1v) is 7.53. The summed E-state index contributed by atoms with van der Waals surface area (Å²) in [6, 6.07) is 4.81. The summed E-state index contributed by atoms with van der Waals surface area (Å²) in [7, 11) is 0. The van der Waals surface area contributed by atoms with Crippen molar-refractivity contribution in [1.82, 2.24) is 5.32 Å². The molecule has 0 spiro atoms. The molecule has 0 aromatic heterocycles. The van der Waals surface area contributed by atoms with Crippen LogP contribution < -0.4 is 10.1 Å². The van der Waals surface area contributed by atoms with E-state index in [1.165, 1.54) is 12.1 Å². The molecule has 120 valence electrons. The molecule has 0 atom stereocenters. The lowest BCUT2D eigenvalue weighted by molar-refractivity contribution is -0.0163. The van der Waals surface area contributed by atoms with E-state index >= 15 is 0 Å². The van der Waals surface area contributed by atoms with Crippen LogP contribution in [0.1, 0.15) is 40.2 Å². The molecule has 1 aromatic carbocycles.